The highest BCUT2D eigenvalue weighted by Crippen LogP contribution is 2.42. The number of nitrogens with zero attached hydrogens (tertiary/aromatic N) is 4. The lowest BCUT2D eigenvalue weighted by atomic mass is 9.71. The molecule has 3 aliphatic heterocycles. The zero-order valence-corrected chi connectivity index (χ0v) is 23.5. The van der Waals surface area contributed by atoms with Crippen LogP contribution in [0.4, 0.5) is 5.69 Å². The Kier molecular flexibility index (Phi) is 7.61. The normalized spacial score (nSPS) is 18.7. The third-order valence-corrected chi connectivity index (χ3v) is 9.40. The first-order valence-electron chi connectivity index (χ1n) is 14.3. The van der Waals surface area contributed by atoms with Gasteiger partial charge in [-0.05, 0) is 90.6 Å². The molecule has 1 spiro atoms. The van der Waals surface area contributed by atoms with Gasteiger partial charge in [0.1, 0.15) is 0 Å². The third kappa shape index (κ3) is 5.64. The number of amides is 2. The van der Waals surface area contributed by atoms with E-state index in [0.29, 0.717) is 23.5 Å². The smallest absolute Gasteiger partial charge is 0.253 e. The Morgan fingerprint density at radius 3 is 2.30 bits per heavy atom. The van der Waals surface area contributed by atoms with Crippen molar-refractivity contribution in [2.45, 2.75) is 38.6 Å². The van der Waals surface area contributed by atoms with Gasteiger partial charge in [0.05, 0.1) is 0 Å². The van der Waals surface area contributed by atoms with Crippen molar-refractivity contribution < 1.29 is 9.59 Å². The van der Waals surface area contributed by atoms with Crippen LogP contribution in [0.15, 0.2) is 73.1 Å². The molecule has 2 aromatic carbocycles. The predicted octanol–water partition coefficient (Wildman–Crippen LogP) is 5.86. The van der Waals surface area contributed by atoms with E-state index in [-0.39, 0.29) is 11.8 Å². The fourth-order valence-electron chi connectivity index (χ4n) is 6.42. The van der Waals surface area contributed by atoms with Gasteiger partial charge < -0.3 is 14.7 Å². The number of carbonyl (C=O) groups excluding carboxylic acids is 2. The van der Waals surface area contributed by atoms with Crippen LogP contribution in [-0.2, 0) is 17.8 Å². The van der Waals surface area contributed by atoms with Gasteiger partial charge in [-0.15, -0.1) is 0 Å². The number of hydrogen-bond acceptors (Lipinski definition) is 4. The topological polar surface area (TPSA) is 56.8 Å². The molecular weight excluding hydrogens is 520 g/mol. The summed E-state index contributed by atoms with van der Waals surface area (Å²) in [4.78, 5) is 36.9. The minimum Gasteiger partial charge on any atom is -0.371 e. The van der Waals surface area contributed by atoms with E-state index < -0.39 is 0 Å². The lowest BCUT2D eigenvalue weighted by molar-refractivity contribution is -0.126. The molecule has 206 valence electrons. The Morgan fingerprint density at radius 1 is 0.825 bits per heavy atom. The number of piperidine rings is 2. The summed E-state index contributed by atoms with van der Waals surface area (Å²) in [5.74, 6) is 0.0625. The molecule has 3 aliphatic rings. The monoisotopic (exact) mass is 554 g/mol. The van der Waals surface area contributed by atoms with Crippen LogP contribution < -0.4 is 4.90 Å². The van der Waals surface area contributed by atoms with Crippen LogP contribution in [0.25, 0.3) is 6.08 Å². The Morgan fingerprint density at radius 2 is 1.55 bits per heavy atom. The Labute approximate surface area is 241 Å². The molecule has 7 heteroatoms. The zero-order chi connectivity index (χ0) is 27.5. The maximum atomic E-state index is 13.5. The highest BCUT2D eigenvalue weighted by molar-refractivity contribution is 6.32. The van der Waals surface area contributed by atoms with Crippen LogP contribution in [0.3, 0.4) is 0 Å². The SMILES string of the molecule is O=C(/C=C\c1ccccc1Cl)N1CCc2ccc(C(=O)N3CCC4(CC3)CCN(c3ccncc3)CC4)cc2C1. The van der Waals surface area contributed by atoms with Crippen molar-refractivity contribution in [2.24, 2.45) is 5.41 Å². The average Bonchev–Trinajstić information content (AvgIpc) is 3.01. The molecule has 0 unspecified atom stereocenters. The van der Waals surface area contributed by atoms with Crippen LogP contribution in [0, 0.1) is 5.41 Å². The Balaban J connectivity index is 1.05. The summed E-state index contributed by atoms with van der Waals surface area (Å²) in [5.41, 5.74) is 5.42. The molecule has 2 saturated heterocycles. The second kappa shape index (κ2) is 11.5. The van der Waals surface area contributed by atoms with Crippen molar-refractivity contribution >= 4 is 35.2 Å². The van der Waals surface area contributed by atoms with Crippen LogP contribution in [0.5, 0.6) is 0 Å². The summed E-state index contributed by atoms with van der Waals surface area (Å²) in [7, 11) is 0. The fraction of sp³-hybridized carbons (Fsp3) is 0.364. The largest absolute Gasteiger partial charge is 0.371 e. The van der Waals surface area contributed by atoms with E-state index in [2.05, 4.69) is 28.1 Å². The minimum absolute atomic E-state index is 0.0430. The molecule has 0 radical (unpaired) electrons. The molecule has 0 atom stereocenters. The molecule has 40 heavy (non-hydrogen) atoms. The molecule has 6 nitrogen and oxygen atoms in total. The van der Waals surface area contributed by atoms with E-state index in [1.54, 1.807) is 12.2 Å². The first kappa shape index (κ1) is 26.6. The average molecular weight is 555 g/mol. The molecule has 0 saturated carbocycles. The van der Waals surface area contributed by atoms with Crippen LogP contribution in [-0.4, -0.2) is 59.3 Å². The van der Waals surface area contributed by atoms with E-state index in [4.69, 9.17) is 11.6 Å². The van der Waals surface area contributed by atoms with E-state index in [9.17, 15) is 9.59 Å². The number of aromatic nitrogens is 1. The van der Waals surface area contributed by atoms with Gasteiger partial charge in [-0.25, -0.2) is 0 Å². The molecular formula is C33H35ClN4O2. The van der Waals surface area contributed by atoms with Gasteiger partial charge in [0.15, 0.2) is 0 Å². The highest BCUT2D eigenvalue weighted by atomic mass is 35.5. The first-order valence-corrected chi connectivity index (χ1v) is 14.7. The second-order valence-corrected chi connectivity index (χ2v) is 11.7. The molecule has 2 fully saturated rings. The van der Waals surface area contributed by atoms with E-state index in [1.807, 2.05) is 58.6 Å². The Hall–Kier alpha value is -3.64. The van der Waals surface area contributed by atoms with Gasteiger partial charge >= 0.3 is 0 Å². The number of likely N-dealkylation sites (tertiary alicyclic amines) is 1. The molecule has 2 amide bonds. The second-order valence-electron chi connectivity index (χ2n) is 11.3. The summed E-state index contributed by atoms with van der Waals surface area (Å²) in [6, 6.07) is 17.7. The van der Waals surface area contributed by atoms with E-state index >= 15 is 0 Å². The number of pyridine rings is 1. The van der Waals surface area contributed by atoms with Gasteiger partial charge in [0.2, 0.25) is 5.91 Å². The number of carbonyl (C=O) groups is 2. The molecule has 1 aromatic heterocycles. The molecule has 4 heterocycles. The van der Waals surface area contributed by atoms with Gasteiger partial charge in [-0.1, -0.05) is 35.9 Å². The lowest BCUT2D eigenvalue weighted by Gasteiger charge is -2.47. The molecule has 0 bridgehead atoms. The number of anilines is 1. The standard InChI is InChI=1S/C33H35ClN4O2/c34-30-4-2-1-3-26(30)7-8-31(39)38-18-11-25-5-6-27(23-28(25)24-38)32(40)37-21-14-33(15-22-37)12-19-36(20-13-33)29-9-16-35-17-10-29/h1-10,16-17,23H,11-15,18-22,24H2/b8-7-. The first-order chi connectivity index (χ1) is 19.5. The Bertz CT molecular complexity index is 1400. The molecule has 6 rings (SSSR count). The van der Waals surface area contributed by atoms with Gasteiger partial charge in [0, 0.05) is 74.0 Å². The number of fused-ring (bicyclic) bond motifs is 1. The lowest BCUT2D eigenvalue weighted by Crippen LogP contribution is -2.48. The van der Waals surface area contributed by atoms with Crippen molar-refractivity contribution in [3.05, 3.63) is 100 Å². The van der Waals surface area contributed by atoms with Gasteiger partial charge in [0.25, 0.3) is 5.91 Å². The maximum Gasteiger partial charge on any atom is 0.253 e. The molecule has 3 aromatic rings. The van der Waals surface area contributed by atoms with Crippen LogP contribution in [0.1, 0.15) is 52.7 Å². The van der Waals surface area contributed by atoms with Crippen molar-refractivity contribution in [3.8, 4) is 0 Å². The van der Waals surface area contributed by atoms with Gasteiger partial charge in [-0.3, -0.25) is 14.6 Å². The van der Waals surface area contributed by atoms with Crippen LogP contribution >= 0.6 is 11.6 Å². The fourth-order valence-corrected chi connectivity index (χ4v) is 6.61. The predicted molar refractivity (Wildman–Crippen MR) is 159 cm³/mol. The van der Waals surface area contributed by atoms with Crippen molar-refractivity contribution in [1.29, 1.82) is 0 Å². The number of benzene rings is 2. The highest BCUT2D eigenvalue weighted by Gasteiger charge is 2.38. The van der Waals surface area contributed by atoms with Crippen molar-refractivity contribution in [2.75, 3.05) is 37.6 Å². The molecule has 0 aliphatic carbocycles. The van der Waals surface area contributed by atoms with Crippen molar-refractivity contribution in [1.82, 2.24) is 14.8 Å². The number of halogens is 1. The van der Waals surface area contributed by atoms with Gasteiger partial charge in [-0.2, -0.15) is 0 Å². The summed E-state index contributed by atoms with van der Waals surface area (Å²) in [6.45, 7) is 4.92. The molecule has 0 N–H and O–H groups in total. The number of rotatable bonds is 4. The van der Waals surface area contributed by atoms with Crippen molar-refractivity contribution in [3.63, 3.8) is 0 Å². The quantitative estimate of drug-likeness (QED) is 0.379. The minimum atomic E-state index is -0.0430. The zero-order valence-electron chi connectivity index (χ0n) is 22.8. The van der Waals surface area contributed by atoms with Crippen LogP contribution in [0.2, 0.25) is 5.02 Å². The van der Waals surface area contributed by atoms with E-state index in [0.717, 1.165) is 62.1 Å². The summed E-state index contributed by atoms with van der Waals surface area (Å²) < 4.78 is 0. The third-order valence-electron chi connectivity index (χ3n) is 9.05. The van der Waals surface area contributed by atoms with E-state index in [1.165, 1.54) is 24.1 Å². The number of hydrogen-bond donors (Lipinski definition) is 0. The summed E-state index contributed by atoms with van der Waals surface area (Å²) in [6.07, 6.45) is 12.3. The maximum absolute atomic E-state index is 13.5. The summed E-state index contributed by atoms with van der Waals surface area (Å²) >= 11 is 6.23. The summed E-state index contributed by atoms with van der Waals surface area (Å²) in [5, 5.41) is 0.623.